The van der Waals surface area contributed by atoms with Crippen LogP contribution < -0.4 is 14.2 Å². The summed E-state index contributed by atoms with van der Waals surface area (Å²) in [6.45, 7) is 2.32. The molecule has 1 aromatic heterocycles. The van der Waals surface area contributed by atoms with Crippen molar-refractivity contribution in [3.63, 3.8) is 0 Å². The molecular weight excluding hydrogens is 352 g/mol. The van der Waals surface area contributed by atoms with E-state index in [9.17, 15) is 8.42 Å². The lowest BCUT2D eigenvalue weighted by molar-refractivity contribution is 0.0943. The molecule has 6 nitrogen and oxygen atoms in total. The maximum atomic E-state index is 12.8. The predicted molar refractivity (Wildman–Crippen MR) is 98.0 cm³/mol. The van der Waals surface area contributed by atoms with Gasteiger partial charge in [-0.3, -0.25) is 4.98 Å². The van der Waals surface area contributed by atoms with Gasteiger partial charge in [-0.15, -0.1) is 0 Å². The van der Waals surface area contributed by atoms with Crippen molar-refractivity contribution in [1.82, 2.24) is 9.71 Å². The van der Waals surface area contributed by atoms with Gasteiger partial charge in [-0.25, -0.2) is 13.1 Å². The lowest BCUT2D eigenvalue weighted by Crippen LogP contribution is -2.40. The molecule has 0 radical (unpaired) electrons. The van der Waals surface area contributed by atoms with Gasteiger partial charge in [0.1, 0.15) is 17.6 Å². The summed E-state index contributed by atoms with van der Waals surface area (Å²) in [6, 6.07) is 14.4. The molecule has 0 bridgehead atoms. The first-order valence-electron chi connectivity index (χ1n) is 8.26. The molecule has 1 N–H and O–H groups in total. The fourth-order valence-corrected chi connectivity index (χ4v) is 4.15. The quantitative estimate of drug-likeness (QED) is 0.764. The molecule has 0 saturated carbocycles. The maximum Gasteiger partial charge on any atom is 0.242 e. The van der Waals surface area contributed by atoms with Crippen LogP contribution in [0.1, 0.15) is 5.56 Å². The molecule has 1 aliphatic rings. The highest BCUT2D eigenvalue weighted by molar-refractivity contribution is 7.89. The van der Waals surface area contributed by atoms with Crippen molar-refractivity contribution in [2.75, 3.05) is 13.2 Å². The maximum absolute atomic E-state index is 12.8. The molecule has 1 aliphatic heterocycles. The number of sulfonamides is 1. The van der Waals surface area contributed by atoms with Gasteiger partial charge in [0.05, 0.1) is 12.1 Å². The van der Waals surface area contributed by atoms with Gasteiger partial charge in [0.25, 0.3) is 0 Å². The van der Waals surface area contributed by atoms with Crippen LogP contribution in [-0.2, 0) is 10.0 Å². The number of benzene rings is 2. The first-order valence-corrected chi connectivity index (χ1v) is 9.75. The van der Waals surface area contributed by atoms with E-state index in [1.165, 1.54) is 0 Å². The van der Waals surface area contributed by atoms with Crippen molar-refractivity contribution in [1.29, 1.82) is 0 Å². The Hall–Kier alpha value is -2.64. The van der Waals surface area contributed by atoms with E-state index in [-0.39, 0.29) is 18.0 Å². The molecule has 2 heterocycles. The van der Waals surface area contributed by atoms with Crippen molar-refractivity contribution in [2.45, 2.75) is 17.9 Å². The SMILES string of the molecule is Cc1cnc2c(S(=O)(=O)NCC3COc4ccccc4O3)cccc2c1. The number of nitrogens with zero attached hydrogens (tertiary/aromatic N) is 1. The molecule has 0 aliphatic carbocycles. The Balaban J connectivity index is 1.54. The molecule has 0 fully saturated rings. The Morgan fingerprint density at radius 1 is 1.15 bits per heavy atom. The number of hydrogen-bond donors (Lipinski definition) is 1. The number of fused-ring (bicyclic) bond motifs is 2. The second-order valence-corrected chi connectivity index (χ2v) is 7.93. The van der Waals surface area contributed by atoms with Crippen molar-refractivity contribution >= 4 is 20.9 Å². The summed E-state index contributed by atoms with van der Waals surface area (Å²) < 4.78 is 39.6. The van der Waals surface area contributed by atoms with Crippen molar-refractivity contribution in [2.24, 2.45) is 0 Å². The highest BCUT2D eigenvalue weighted by atomic mass is 32.2. The Bertz CT molecular complexity index is 1070. The van der Waals surface area contributed by atoms with E-state index in [0.29, 0.717) is 17.0 Å². The van der Waals surface area contributed by atoms with Crippen LogP contribution >= 0.6 is 0 Å². The standard InChI is InChI=1S/C19H18N2O4S/c1-13-9-14-5-4-8-18(19(14)20-10-13)26(22,23)21-11-15-12-24-16-6-2-3-7-17(16)25-15/h2-10,15,21H,11-12H2,1H3. The first kappa shape index (κ1) is 16.8. The number of ether oxygens (including phenoxy) is 2. The first-order chi connectivity index (χ1) is 12.5. The van der Waals surface area contributed by atoms with Crippen LogP contribution in [0.25, 0.3) is 10.9 Å². The van der Waals surface area contributed by atoms with Crippen LogP contribution in [0.5, 0.6) is 11.5 Å². The van der Waals surface area contributed by atoms with Crippen LogP contribution in [0, 0.1) is 6.92 Å². The van der Waals surface area contributed by atoms with Gasteiger partial charge in [0.2, 0.25) is 10.0 Å². The number of nitrogens with one attached hydrogen (secondary N) is 1. The van der Waals surface area contributed by atoms with Gasteiger partial charge in [0.15, 0.2) is 11.5 Å². The zero-order chi connectivity index (χ0) is 18.1. The normalized spacial score (nSPS) is 16.6. The smallest absolute Gasteiger partial charge is 0.242 e. The summed E-state index contributed by atoms with van der Waals surface area (Å²) in [6.07, 6.45) is 1.26. The van der Waals surface area contributed by atoms with E-state index in [1.807, 2.05) is 37.3 Å². The van der Waals surface area contributed by atoms with E-state index in [1.54, 1.807) is 24.4 Å². The van der Waals surface area contributed by atoms with Crippen molar-refractivity contribution < 1.29 is 17.9 Å². The molecule has 2 aromatic carbocycles. The summed E-state index contributed by atoms with van der Waals surface area (Å²) in [5.41, 5.74) is 1.43. The molecule has 0 amide bonds. The molecule has 0 saturated heterocycles. The van der Waals surface area contributed by atoms with Crippen LogP contribution in [0.4, 0.5) is 0 Å². The number of rotatable bonds is 4. The summed E-state index contributed by atoms with van der Waals surface area (Å²) in [4.78, 5) is 4.46. The molecule has 26 heavy (non-hydrogen) atoms. The summed E-state index contributed by atoms with van der Waals surface area (Å²) in [5.74, 6) is 1.28. The molecule has 1 unspecified atom stereocenters. The van der Waals surface area contributed by atoms with E-state index in [4.69, 9.17) is 9.47 Å². The third-order valence-corrected chi connectivity index (χ3v) is 5.62. The summed E-state index contributed by atoms with van der Waals surface area (Å²) >= 11 is 0. The zero-order valence-corrected chi connectivity index (χ0v) is 15.0. The zero-order valence-electron chi connectivity index (χ0n) is 14.2. The van der Waals surface area contributed by atoms with E-state index in [0.717, 1.165) is 10.9 Å². The highest BCUT2D eigenvalue weighted by Gasteiger charge is 2.24. The molecule has 134 valence electrons. The fourth-order valence-electron chi connectivity index (χ4n) is 2.90. The number of hydrogen-bond acceptors (Lipinski definition) is 5. The minimum Gasteiger partial charge on any atom is -0.486 e. The second-order valence-electron chi connectivity index (χ2n) is 6.19. The Labute approximate surface area is 151 Å². The predicted octanol–water partition coefficient (Wildman–Crippen LogP) is 2.66. The lowest BCUT2D eigenvalue weighted by atomic mass is 10.2. The monoisotopic (exact) mass is 370 g/mol. The molecule has 3 aromatic rings. The Morgan fingerprint density at radius 3 is 2.81 bits per heavy atom. The van der Waals surface area contributed by atoms with Gasteiger partial charge in [0, 0.05) is 11.6 Å². The van der Waals surface area contributed by atoms with Crippen LogP contribution in [0.15, 0.2) is 59.6 Å². The number of pyridine rings is 1. The van der Waals surface area contributed by atoms with E-state index >= 15 is 0 Å². The summed E-state index contributed by atoms with van der Waals surface area (Å²) in [7, 11) is -3.72. The van der Waals surface area contributed by atoms with E-state index in [2.05, 4.69) is 9.71 Å². The van der Waals surface area contributed by atoms with E-state index < -0.39 is 16.1 Å². The molecule has 1 atom stereocenters. The Morgan fingerprint density at radius 2 is 1.96 bits per heavy atom. The molecular formula is C19H18N2O4S. The van der Waals surface area contributed by atoms with Gasteiger partial charge in [-0.05, 0) is 36.8 Å². The van der Waals surface area contributed by atoms with Gasteiger partial charge < -0.3 is 9.47 Å². The van der Waals surface area contributed by atoms with Gasteiger partial charge in [-0.2, -0.15) is 0 Å². The fraction of sp³-hybridized carbons (Fsp3) is 0.211. The molecule has 4 rings (SSSR count). The van der Waals surface area contributed by atoms with Crippen molar-refractivity contribution in [3.8, 4) is 11.5 Å². The lowest BCUT2D eigenvalue weighted by Gasteiger charge is -2.26. The average Bonchev–Trinajstić information content (AvgIpc) is 2.65. The minimum atomic E-state index is -3.72. The van der Waals surface area contributed by atoms with Crippen LogP contribution in [0.3, 0.4) is 0 Å². The average molecular weight is 370 g/mol. The third-order valence-electron chi connectivity index (χ3n) is 4.17. The van der Waals surface area contributed by atoms with Crippen LogP contribution in [-0.4, -0.2) is 32.7 Å². The second kappa shape index (κ2) is 6.59. The number of aryl methyl sites for hydroxylation is 1. The van der Waals surface area contributed by atoms with Crippen LogP contribution in [0.2, 0.25) is 0 Å². The number of para-hydroxylation sites is 3. The molecule has 0 spiro atoms. The largest absolute Gasteiger partial charge is 0.486 e. The Kier molecular flexibility index (Phi) is 4.26. The van der Waals surface area contributed by atoms with Gasteiger partial charge >= 0.3 is 0 Å². The third kappa shape index (κ3) is 3.23. The van der Waals surface area contributed by atoms with Crippen molar-refractivity contribution in [3.05, 3.63) is 60.3 Å². The highest BCUT2D eigenvalue weighted by Crippen LogP contribution is 2.30. The molecule has 7 heteroatoms. The topological polar surface area (TPSA) is 77.5 Å². The van der Waals surface area contributed by atoms with Gasteiger partial charge in [-0.1, -0.05) is 24.3 Å². The minimum absolute atomic E-state index is 0.110. The number of aromatic nitrogens is 1. The summed E-state index contributed by atoms with van der Waals surface area (Å²) in [5, 5.41) is 0.791.